The van der Waals surface area contributed by atoms with Gasteiger partial charge in [-0.1, -0.05) is 18.2 Å². The Balaban J connectivity index is 1.79. The summed E-state index contributed by atoms with van der Waals surface area (Å²) >= 11 is 0. The molecule has 0 spiro atoms. The van der Waals surface area contributed by atoms with E-state index in [0.29, 0.717) is 31.5 Å². The van der Waals surface area contributed by atoms with Gasteiger partial charge in [-0.2, -0.15) is 13.2 Å². The third-order valence-electron chi connectivity index (χ3n) is 4.77. The average Bonchev–Trinajstić information content (AvgIpc) is 2.95. The smallest absolute Gasteiger partial charge is 0.351 e. The lowest BCUT2D eigenvalue weighted by Gasteiger charge is -2.20. The van der Waals surface area contributed by atoms with Gasteiger partial charge in [0.15, 0.2) is 0 Å². The van der Waals surface area contributed by atoms with Gasteiger partial charge in [-0.25, -0.2) is 4.79 Å². The van der Waals surface area contributed by atoms with Crippen molar-refractivity contribution in [1.29, 1.82) is 0 Å². The topological polar surface area (TPSA) is 46.3 Å². The normalized spacial score (nSPS) is 28.7. The summed E-state index contributed by atoms with van der Waals surface area (Å²) in [7, 11) is 0. The van der Waals surface area contributed by atoms with Gasteiger partial charge in [0.2, 0.25) is 0 Å². The van der Waals surface area contributed by atoms with Crippen LogP contribution in [0.2, 0.25) is 0 Å². The number of nitrogens with zero attached hydrogens (tertiary/aromatic N) is 1. The number of hydrogen-bond acceptors (Lipinski definition) is 1. The number of hydrogen-bond donors (Lipinski definition) is 1. The quantitative estimate of drug-likeness (QED) is 0.850. The SMILES string of the molecule is NC(=O)N1C[C@H]2CC(c3ccccc3C(F)(F)F)C[C@H]2C1. The van der Waals surface area contributed by atoms with Gasteiger partial charge < -0.3 is 10.6 Å². The Bertz CT molecular complexity index is 544. The van der Waals surface area contributed by atoms with Crippen LogP contribution in [0.1, 0.15) is 29.9 Å². The van der Waals surface area contributed by atoms with Crippen molar-refractivity contribution in [2.75, 3.05) is 13.1 Å². The molecule has 2 fully saturated rings. The first-order valence-electron chi connectivity index (χ1n) is 7.06. The van der Waals surface area contributed by atoms with Crippen LogP contribution in [-0.2, 0) is 6.18 Å². The van der Waals surface area contributed by atoms with Gasteiger partial charge in [-0.3, -0.25) is 0 Å². The highest BCUT2D eigenvalue weighted by molar-refractivity contribution is 5.72. The minimum Gasteiger partial charge on any atom is -0.351 e. The van der Waals surface area contributed by atoms with Crippen molar-refractivity contribution in [3.8, 4) is 0 Å². The molecule has 3 rings (SSSR count). The first kappa shape index (κ1) is 14.2. The number of carbonyl (C=O) groups excluding carboxylic acids is 1. The molecule has 2 aliphatic rings. The second kappa shape index (κ2) is 4.93. The van der Waals surface area contributed by atoms with E-state index >= 15 is 0 Å². The zero-order chi connectivity index (χ0) is 15.2. The van der Waals surface area contributed by atoms with Gasteiger partial charge in [0, 0.05) is 13.1 Å². The number of rotatable bonds is 1. The summed E-state index contributed by atoms with van der Waals surface area (Å²) in [5.41, 5.74) is 5.13. The Morgan fingerprint density at radius 2 is 1.71 bits per heavy atom. The van der Waals surface area contributed by atoms with Crippen molar-refractivity contribution in [2.24, 2.45) is 17.6 Å². The molecule has 6 heteroatoms. The highest BCUT2D eigenvalue weighted by atomic mass is 19.4. The van der Waals surface area contributed by atoms with Crippen molar-refractivity contribution >= 4 is 6.03 Å². The molecular formula is C15H17F3N2O. The molecule has 21 heavy (non-hydrogen) atoms. The Labute approximate surface area is 120 Å². The van der Waals surface area contributed by atoms with E-state index in [2.05, 4.69) is 0 Å². The third kappa shape index (κ3) is 2.59. The zero-order valence-corrected chi connectivity index (χ0v) is 11.4. The van der Waals surface area contributed by atoms with Crippen LogP contribution in [0.25, 0.3) is 0 Å². The van der Waals surface area contributed by atoms with E-state index in [4.69, 9.17) is 5.73 Å². The number of halogens is 3. The molecule has 0 bridgehead atoms. The summed E-state index contributed by atoms with van der Waals surface area (Å²) < 4.78 is 39.3. The van der Waals surface area contributed by atoms with E-state index < -0.39 is 17.8 Å². The number of nitrogens with two attached hydrogens (primary N) is 1. The van der Waals surface area contributed by atoms with Crippen LogP contribution < -0.4 is 5.73 Å². The summed E-state index contributed by atoms with van der Waals surface area (Å²) in [5.74, 6) is 0.459. The van der Waals surface area contributed by atoms with Crippen LogP contribution in [-0.4, -0.2) is 24.0 Å². The maximum Gasteiger partial charge on any atom is 0.416 e. The number of urea groups is 1. The lowest BCUT2D eigenvalue weighted by Crippen LogP contribution is -2.34. The number of carbonyl (C=O) groups is 1. The number of likely N-dealkylation sites (tertiary alicyclic amines) is 1. The first-order chi connectivity index (χ1) is 9.86. The fourth-order valence-corrected chi connectivity index (χ4v) is 3.84. The maximum atomic E-state index is 13.1. The highest BCUT2D eigenvalue weighted by Gasteiger charge is 2.44. The molecule has 1 saturated heterocycles. The lowest BCUT2D eigenvalue weighted by atomic mass is 9.91. The number of amides is 2. The van der Waals surface area contributed by atoms with E-state index in [-0.39, 0.29) is 17.8 Å². The molecule has 2 amide bonds. The number of alkyl halides is 3. The summed E-state index contributed by atoms with van der Waals surface area (Å²) in [5, 5.41) is 0. The van der Waals surface area contributed by atoms with Crippen molar-refractivity contribution in [3.63, 3.8) is 0 Å². The molecule has 3 atom stereocenters. The average molecular weight is 298 g/mol. The predicted octanol–water partition coefficient (Wildman–Crippen LogP) is 3.21. The maximum absolute atomic E-state index is 13.1. The molecule has 2 N–H and O–H groups in total. The molecule has 1 aromatic rings. The highest BCUT2D eigenvalue weighted by Crippen LogP contribution is 2.48. The van der Waals surface area contributed by atoms with Gasteiger partial charge in [-0.15, -0.1) is 0 Å². The third-order valence-corrected chi connectivity index (χ3v) is 4.77. The zero-order valence-electron chi connectivity index (χ0n) is 11.4. The monoisotopic (exact) mass is 298 g/mol. The van der Waals surface area contributed by atoms with Crippen LogP contribution in [0.3, 0.4) is 0 Å². The van der Waals surface area contributed by atoms with Gasteiger partial charge in [0.1, 0.15) is 0 Å². The number of benzene rings is 1. The van der Waals surface area contributed by atoms with Gasteiger partial charge >= 0.3 is 12.2 Å². The fourth-order valence-electron chi connectivity index (χ4n) is 3.84. The largest absolute Gasteiger partial charge is 0.416 e. The van der Waals surface area contributed by atoms with E-state index in [1.54, 1.807) is 17.0 Å². The van der Waals surface area contributed by atoms with Gasteiger partial charge in [-0.05, 0) is 42.2 Å². The standard InChI is InChI=1S/C15H17F3N2O/c16-15(17,18)13-4-2-1-3-12(13)9-5-10-7-20(14(19)21)8-11(10)6-9/h1-4,9-11H,5-8H2,(H2,19,21)/t9?,10-,11+. The minimum absolute atomic E-state index is 0.0761. The molecule has 1 saturated carbocycles. The molecule has 3 nitrogen and oxygen atoms in total. The van der Waals surface area contributed by atoms with Crippen LogP contribution in [0, 0.1) is 11.8 Å². The van der Waals surface area contributed by atoms with Crippen LogP contribution in [0.5, 0.6) is 0 Å². The van der Waals surface area contributed by atoms with Crippen LogP contribution in [0.15, 0.2) is 24.3 Å². The van der Waals surface area contributed by atoms with Gasteiger partial charge in [0.05, 0.1) is 5.56 Å². The predicted molar refractivity (Wildman–Crippen MR) is 71.6 cm³/mol. The number of fused-ring (bicyclic) bond motifs is 1. The second-order valence-electron chi connectivity index (χ2n) is 6.02. The Kier molecular flexibility index (Phi) is 3.34. The van der Waals surface area contributed by atoms with Gasteiger partial charge in [0.25, 0.3) is 0 Å². The van der Waals surface area contributed by atoms with Crippen molar-refractivity contribution in [3.05, 3.63) is 35.4 Å². The van der Waals surface area contributed by atoms with Crippen molar-refractivity contribution < 1.29 is 18.0 Å². The second-order valence-corrected chi connectivity index (χ2v) is 6.02. The van der Waals surface area contributed by atoms with Crippen molar-refractivity contribution in [1.82, 2.24) is 4.90 Å². The molecule has 1 aromatic carbocycles. The van der Waals surface area contributed by atoms with E-state index in [1.807, 2.05) is 0 Å². The van der Waals surface area contributed by atoms with Crippen molar-refractivity contribution in [2.45, 2.75) is 24.9 Å². The van der Waals surface area contributed by atoms with E-state index in [0.717, 1.165) is 6.07 Å². The first-order valence-corrected chi connectivity index (χ1v) is 7.06. The Morgan fingerprint density at radius 1 is 1.14 bits per heavy atom. The Hall–Kier alpha value is -1.72. The molecule has 1 aliphatic carbocycles. The summed E-state index contributed by atoms with van der Waals surface area (Å²) in [4.78, 5) is 12.8. The number of primary amides is 1. The molecule has 1 aliphatic heterocycles. The summed E-state index contributed by atoms with van der Waals surface area (Å²) in [6, 6.07) is 5.39. The summed E-state index contributed by atoms with van der Waals surface area (Å²) in [6.45, 7) is 1.15. The minimum atomic E-state index is -4.31. The fraction of sp³-hybridized carbons (Fsp3) is 0.533. The van der Waals surface area contributed by atoms with E-state index in [1.165, 1.54) is 6.07 Å². The van der Waals surface area contributed by atoms with Crippen LogP contribution in [0.4, 0.5) is 18.0 Å². The molecular weight excluding hydrogens is 281 g/mol. The van der Waals surface area contributed by atoms with E-state index in [9.17, 15) is 18.0 Å². The van der Waals surface area contributed by atoms with Crippen LogP contribution >= 0.6 is 0 Å². The Morgan fingerprint density at radius 3 is 2.24 bits per heavy atom. The molecule has 0 aromatic heterocycles. The molecule has 114 valence electrons. The molecule has 1 heterocycles. The molecule has 0 radical (unpaired) electrons. The summed E-state index contributed by atoms with van der Waals surface area (Å²) in [6.07, 6.45) is -2.92. The molecule has 1 unspecified atom stereocenters. The lowest BCUT2D eigenvalue weighted by molar-refractivity contribution is -0.138.